The van der Waals surface area contributed by atoms with Gasteiger partial charge >= 0.3 is 0 Å². The van der Waals surface area contributed by atoms with Crippen molar-refractivity contribution in [1.82, 2.24) is 4.90 Å². The quantitative estimate of drug-likeness (QED) is 0.879. The molecule has 1 aliphatic rings. The van der Waals surface area contributed by atoms with Gasteiger partial charge in [0.15, 0.2) is 0 Å². The monoisotopic (exact) mass is 290 g/mol. The molecular formula is C19H18N2O. The lowest BCUT2D eigenvalue weighted by atomic mass is 10.0. The number of hydrogen-bond donors (Lipinski definition) is 1. The fourth-order valence-electron chi connectivity index (χ4n) is 2.91. The lowest BCUT2D eigenvalue weighted by molar-refractivity contribution is -0.124. The minimum atomic E-state index is -0.234. The van der Waals surface area contributed by atoms with E-state index in [0.29, 0.717) is 17.8 Å². The Morgan fingerprint density at radius 1 is 1.05 bits per heavy atom. The van der Waals surface area contributed by atoms with Crippen LogP contribution in [0, 0.1) is 0 Å². The summed E-state index contributed by atoms with van der Waals surface area (Å²) in [5, 5.41) is 0. The van der Waals surface area contributed by atoms with Crippen LogP contribution < -0.4 is 5.73 Å². The van der Waals surface area contributed by atoms with Crippen LogP contribution in [0.15, 0.2) is 79.0 Å². The van der Waals surface area contributed by atoms with Crippen LogP contribution in [0.4, 0.5) is 0 Å². The highest BCUT2D eigenvalue weighted by molar-refractivity contribution is 6.23. The first-order chi connectivity index (χ1) is 10.7. The van der Waals surface area contributed by atoms with Crippen LogP contribution in [0.1, 0.15) is 17.2 Å². The largest absolute Gasteiger partial charge is 0.399 e. The molecule has 110 valence electrons. The van der Waals surface area contributed by atoms with Gasteiger partial charge in [-0.1, -0.05) is 66.7 Å². The average molecular weight is 290 g/mol. The molecule has 0 radical (unpaired) electrons. The SMILES string of the molecule is C=CCN1C(=O)C(c2ccccc2)=C(N)C1c1ccccc1. The first-order valence-electron chi connectivity index (χ1n) is 7.26. The summed E-state index contributed by atoms with van der Waals surface area (Å²) in [6.07, 6.45) is 1.73. The number of carbonyl (C=O) groups excluding carboxylic acids is 1. The van der Waals surface area contributed by atoms with E-state index < -0.39 is 0 Å². The second kappa shape index (κ2) is 5.90. The third kappa shape index (κ3) is 2.31. The van der Waals surface area contributed by atoms with E-state index in [2.05, 4.69) is 6.58 Å². The lowest BCUT2D eigenvalue weighted by Crippen LogP contribution is -2.31. The number of nitrogens with two attached hydrogens (primary N) is 1. The van der Waals surface area contributed by atoms with E-state index in [1.165, 1.54) is 0 Å². The third-order valence-electron chi connectivity index (χ3n) is 3.87. The first kappa shape index (κ1) is 14.1. The van der Waals surface area contributed by atoms with Crippen LogP contribution in [-0.4, -0.2) is 17.4 Å². The molecule has 0 saturated carbocycles. The third-order valence-corrected chi connectivity index (χ3v) is 3.87. The maximum Gasteiger partial charge on any atom is 0.257 e. The van der Waals surface area contributed by atoms with Crippen molar-refractivity contribution in [1.29, 1.82) is 0 Å². The van der Waals surface area contributed by atoms with E-state index in [9.17, 15) is 4.79 Å². The Kier molecular flexibility index (Phi) is 3.79. The summed E-state index contributed by atoms with van der Waals surface area (Å²) < 4.78 is 0. The Bertz CT molecular complexity index is 720. The average Bonchev–Trinajstić information content (AvgIpc) is 2.80. The van der Waals surface area contributed by atoms with Gasteiger partial charge in [0.25, 0.3) is 5.91 Å². The molecule has 1 unspecified atom stereocenters. The highest BCUT2D eigenvalue weighted by Crippen LogP contribution is 2.39. The van der Waals surface area contributed by atoms with Gasteiger partial charge in [0.05, 0.1) is 11.6 Å². The summed E-state index contributed by atoms with van der Waals surface area (Å²) in [7, 11) is 0. The molecule has 0 bridgehead atoms. The van der Waals surface area contributed by atoms with E-state index >= 15 is 0 Å². The number of carbonyl (C=O) groups is 1. The summed E-state index contributed by atoms with van der Waals surface area (Å²) in [6, 6.07) is 19.2. The van der Waals surface area contributed by atoms with Gasteiger partial charge in [-0.15, -0.1) is 6.58 Å². The molecule has 1 heterocycles. The number of nitrogens with zero attached hydrogens (tertiary/aromatic N) is 1. The van der Waals surface area contributed by atoms with Gasteiger partial charge in [-0.3, -0.25) is 4.79 Å². The fourth-order valence-corrected chi connectivity index (χ4v) is 2.91. The molecule has 0 aromatic heterocycles. The van der Waals surface area contributed by atoms with E-state index in [0.717, 1.165) is 11.1 Å². The summed E-state index contributed by atoms with van der Waals surface area (Å²) in [5.41, 5.74) is 9.45. The highest BCUT2D eigenvalue weighted by Gasteiger charge is 2.38. The minimum Gasteiger partial charge on any atom is -0.399 e. The summed E-state index contributed by atoms with van der Waals surface area (Å²) in [4.78, 5) is 14.6. The Labute approximate surface area is 130 Å². The zero-order valence-corrected chi connectivity index (χ0v) is 12.3. The van der Waals surface area contributed by atoms with Gasteiger partial charge in [-0.2, -0.15) is 0 Å². The van der Waals surface area contributed by atoms with Crippen LogP contribution in [0.3, 0.4) is 0 Å². The zero-order valence-electron chi connectivity index (χ0n) is 12.3. The van der Waals surface area contributed by atoms with Crippen LogP contribution >= 0.6 is 0 Å². The Balaban J connectivity index is 2.12. The number of hydrogen-bond acceptors (Lipinski definition) is 2. The maximum absolute atomic E-state index is 12.8. The standard InChI is InChI=1S/C19H18N2O/c1-2-13-21-18(15-11-7-4-8-12-15)17(20)16(19(21)22)14-9-5-3-6-10-14/h2-12,18H,1,13,20H2. The van der Waals surface area contributed by atoms with Crippen LogP contribution in [-0.2, 0) is 4.79 Å². The summed E-state index contributed by atoms with van der Waals surface area (Å²) >= 11 is 0. The topological polar surface area (TPSA) is 46.3 Å². The second-order valence-electron chi connectivity index (χ2n) is 5.26. The Morgan fingerprint density at radius 2 is 1.64 bits per heavy atom. The van der Waals surface area contributed by atoms with Gasteiger partial charge in [0.1, 0.15) is 0 Å². The van der Waals surface area contributed by atoms with Crippen molar-refractivity contribution in [2.24, 2.45) is 5.73 Å². The Hall–Kier alpha value is -2.81. The molecule has 22 heavy (non-hydrogen) atoms. The van der Waals surface area contributed by atoms with Crippen LogP contribution in [0.5, 0.6) is 0 Å². The molecule has 0 saturated heterocycles. The summed E-state index contributed by atoms with van der Waals surface area (Å²) in [5.74, 6) is -0.0440. The molecular weight excluding hydrogens is 272 g/mol. The van der Waals surface area contributed by atoms with E-state index in [1.54, 1.807) is 11.0 Å². The molecule has 1 atom stereocenters. The van der Waals surface area contributed by atoms with Gasteiger partial charge < -0.3 is 10.6 Å². The molecule has 3 rings (SSSR count). The van der Waals surface area contributed by atoms with Crippen molar-refractivity contribution in [3.63, 3.8) is 0 Å². The molecule has 0 aliphatic carbocycles. The van der Waals surface area contributed by atoms with Crippen molar-refractivity contribution >= 4 is 11.5 Å². The first-order valence-corrected chi connectivity index (χ1v) is 7.26. The Morgan fingerprint density at radius 3 is 2.23 bits per heavy atom. The van der Waals surface area contributed by atoms with E-state index in [4.69, 9.17) is 5.73 Å². The maximum atomic E-state index is 12.8. The molecule has 0 spiro atoms. The molecule has 2 N–H and O–H groups in total. The normalized spacial score (nSPS) is 17.9. The molecule has 1 aliphatic heterocycles. The van der Waals surface area contributed by atoms with Crippen LogP contribution in [0.25, 0.3) is 5.57 Å². The van der Waals surface area contributed by atoms with E-state index in [-0.39, 0.29) is 11.9 Å². The predicted molar refractivity (Wildman–Crippen MR) is 88.6 cm³/mol. The molecule has 3 nitrogen and oxygen atoms in total. The van der Waals surface area contributed by atoms with Crippen molar-refractivity contribution < 1.29 is 4.79 Å². The summed E-state index contributed by atoms with van der Waals surface area (Å²) in [6.45, 7) is 4.22. The van der Waals surface area contributed by atoms with Crippen molar-refractivity contribution in [2.45, 2.75) is 6.04 Å². The highest BCUT2D eigenvalue weighted by atomic mass is 16.2. The van der Waals surface area contributed by atoms with Gasteiger partial charge in [0.2, 0.25) is 0 Å². The van der Waals surface area contributed by atoms with Gasteiger partial charge in [-0.05, 0) is 11.1 Å². The number of rotatable bonds is 4. The number of amides is 1. The van der Waals surface area contributed by atoms with E-state index in [1.807, 2.05) is 60.7 Å². The van der Waals surface area contributed by atoms with Gasteiger partial charge in [-0.25, -0.2) is 0 Å². The molecule has 1 amide bonds. The molecule has 2 aromatic rings. The van der Waals surface area contributed by atoms with Crippen LogP contribution in [0.2, 0.25) is 0 Å². The molecule has 2 aromatic carbocycles. The molecule has 3 heteroatoms. The van der Waals surface area contributed by atoms with Crippen molar-refractivity contribution in [3.05, 3.63) is 90.1 Å². The van der Waals surface area contributed by atoms with Crippen molar-refractivity contribution in [3.8, 4) is 0 Å². The zero-order chi connectivity index (χ0) is 15.5. The smallest absolute Gasteiger partial charge is 0.257 e. The van der Waals surface area contributed by atoms with Gasteiger partial charge in [0, 0.05) is 12.2 Å². The second-order valence-corrected chi connectivity index (χ2v) is 5.26. The lowest BCUT2D eigenvalue weighted by Gasteiger charge is -2.25. The molecule has 0 fully saturated rings. The fraction of sp³-hybridized carbons (Fsp3) is 0.105. The minimum absolute atomic E-state index is 0.0440. The van der Waals surface area contributed by atoms with Crippen molar-refractivity contribution in [2.75, 3.05) is 6.54 Å². The number of benzene rings is 2. The predicted octanol–water partition coefficient (Wildman–Crippen LogP) is 3.13.